The van der Waals surface area contributed by atoms with E-state index < -0.39 is 29.3 Å². The number of carbonyl (C=O) groups is 3. The Morgan fingerprint density at radius 1 is 1.22 bits per heavy atom. The van der Waals surface area contributed by atoms with Crippen molar-refractivity contribution >= 4 is 34.8 Å². The fourth-order valence-electron chi connectivity index (χ4n) is 2.12. The highest BCUT2D eigenvalue weighted by atomic mass is 32.1. The number of hydrogen-bond acceptors (Lipinski definition) is 8. The second-order valence-corrected chi connectivity index (χ2v) is 6.40. The van der Waals surface area contributed by atoms with E-state index in [9.17, 15) is 24.5 Å². The highest BCUT2D eigenvalue weighted by Gasteiger charge is 2.24. The van der Waals surface area contributed by atoms with E-state index >= 15 is 0 Å². The van der Waals surface area contributed by atoms with Crippen LogP contribution in [0.4, 0.5) is 5.69 Å². The van der Waals surface area contributed by atoms with Crippen molar-refractivity contribution in [2.75, 3.05) is 6.61 Å². The zero-order chi connectivity index (χ0) is 20.0. The minimum atomic E-state index is -1.01. The Kier molecular flexibility index (Phi) is 6.55. The lowest BCUT2D eigenvalue weighted by Crippen LogP contribution is -2.44. The summed E-state index contributed by atoms with van der Waals surface area (Å²) in [5.74, 6) is -2.29. The van der Waals surface area contributed by atoms with Crippen LogP contribution in [0.15, 0.2) is 23.6 Å². The molecule has 0 aliphatic heterocycles. The molecule has 0 bridgehead atoms. The molecule has 10 nitrogen and oxygen atoms in total. The Bertz CT molecular complexity index is 895. The van der Waals surface area contributed by atoms with Gasteiger partial charge in [-0.3, -0.25) is 30.6 Å². The molecule has 0 fully saturated rings. The van der Waals surface area contributed by atoms with Crippen molar-refractivity contribution in [3.05, 3.63) is 55.5 Å². The molecule has 0 radical (unpaired) electrons. The van der Waals surface area contributed by atoms with Crippen LogP contribution < -0.4 is 10.9 Å². The topological polar surface area (TPSA) is 141 Å². The zero-order valence-electron chi connectivity index (χ0n) is 14.5. The lowest BCUT2D eigenvalue weighted by Gasteiger charge is -2.08. The number of nitro benzene ring substituents is 1. The minimum Gasteiger partial charge on any atom is -0.452 e. The average molecular weight is 392 g/mol. The largest absolute Gasteiger partial charge is 0.452 e. The normalized spacial score (nSPS) is 10.1. The van der Waals surface area contributed by atoms with Gasteiger partial charge in [0.05, 0.1) is 11.3 Å². The number of thiazole rings is 1. The molecule has 2 N–H and O–H groups in total. The van der Waals surface area contributed by atoms with E-state index in [1.807, 2.05) is 0 Å². The molecular weight excluding hydrogens is 376 g/mol. The summed E-state index contributed by atoms with van der Waals surface area (Å²) in [6.07, 6.45) is -0.00589. The first-order valence-corrected chi connectivity index (χ1v) is 8.55. The van der Waals surface area contributed by atoms with Crippen LogP contribution in [-0.4, -0.2) is 34.3 Å². The summed E-state index contributed by atoms with van der Waals surface area (Å²) >= 11 is 1.32. The number of amides is 2. The van der Waals surface area contributed by atoms with E-state index in [-0.39, 0.29) is 17.7 Å². The Balaban J connectivity index is 1.83. The number of aryl methyl sites for hydroxylation is 2. The van der Waals surface area contributed by atoms with E-state index in [2.05, 4.69) is 15.8 Å². The number of carbonyl (C=O) groups excluding carboxylic acids is 3. The van der Waals surface area contributed by atoms with E-state index in [0.29, 0.717) is 10.6 Å². The predicted octanol–water partition coefficient (Wildman–Crippen LogP) is 1.22. The quantitative estimate of drug-likeness (QED) is 0.428. The number of aromatic nitrogens is 1. The first kappa shape index (κ1) is 20.0. The van der Waals surface area contributed by atoms with Crippen LogP contribution in [0.5, 0.6) is 0 Å². The average Bonchev–Trinajstić information content (AvgIpc) is 3.01. The smallest absolute Gasteiger partial charge is 0.345 e. The summed E-state index contributed by atoms with van der Waals surface area (Å²) in [7, 11) is 0. The molecule has 0 saturated carbocycles. The molecule has 2 amide bonds. The summed E-state index contributed by atoms with van der Waals surface area (Å²) in [6.45, 7) is 2.58. The molecule has 1 aromatic carbocycles. The van der Waals surface area contributed by atoms with Gasteiger partial charge in [0.1, 0.15) is 10.6 Å². The number of nitro groups is 1. The zero-order valence-corrected chi connectivity index (χ0v) is 15.3. The standard InChI is InChI=1S/C16H16N4O6S/c1-9-4-3-5-11(15(9)20(24)25)16(23)26-7-13(22)19-18-12(21)6-14-17-10(2)8-27-14/h3-5,8H,6-7H2,1-2H3,(H,18,21)(H,19,22). The van der Waals surface area contributed by atoms with Crippen LogP contribution in [0.3, 0.4) is 0 Å². The second kappa shape index (κ2) is 8.85. The number of hydrazine groups is 1. The SMILES string of the molecule is Cc1csc(CC(=O)NNC(=O)COC(=O)c2cccc(C)c2[N+](=O)[O-])n1. The summed E-state index contributed by atoms with van der Waals surface area (Å²) in [6, 6.07) is 4.20. The molecule has 0 saturated heterocycles. The Morgan fingerprint density at radius 3 is 2.56 bits per heavy atom. The van der Waals surface area contributed by atoms with Crippen molar-refractivity contribution in [3.63, 3.8) is 0 Å². The molecule has 27 heavy (non-hydrogen) atoms. The van der Waals surface area contributed by atoms with E-state index in [1.165, 1.54) is 36.5 Å². The fraction of sp³-hybridized carbons (Fsp3) is 0.250. The molecule has 11 heteroatoms. The molecule has 0 spiro atoms. The van der Waals surface area contributed by atoms with Gasteiger partial charge in [-0.25, -0.2) is 9.78 Å². The number of benzene rings is 1. The van der Waals surface area contributed by atoms with Crippen LogP contribution in [0.2, 0.25) is 0 Å². The number of para-hydroxylation sites is 1. The van der Waals surface area contributed by atoms with Gasteiger partial charge in [-0.2, -0.15) is 0 Å². The van der Waals surface area contributed by atoms with E-state index in [1.54, 1.807) is 12.3 Å². The third-order valence-corrected chi connectivity index (χ3v) is 4.26. The Labute approximate surface area is 157 Å². The number of rotatable bonds is 6. The van der Waals surface area contributed by atoms with Crippen LogP contribution in [0, 0.1) is 24.0 Å². The highest BCUT2D eigenvalue weighted by Crippen LogP contribution is 2.23. The van der Waals surface area contributed by atoms with Gasteiger partial charge < -0.3 is 4.74 Å². The summed E-state index contributed by atoms with van der Waals surface area (Å²) in [5, 5.41) is 13.5. The molecule has 0 aliphatic carbocycles. The maximum Gasteiger partial charge on any atom is 0.345 e. The molecule has 2 aromatic rings. The van der Waals surface area contributed by atoms with Crippen LogP contribution in [0.1, 0.15) is 26.6 Å². The molecule has 1 aromatic heterocycles. The third kappa shape index (κ3) is 5.57. The molecular formula is C16H16N4O6S. The van der Waals surface area contributed by atoms with E-state index in [0.717, 1.165) is 5.69 Å². The van der Waals surface area contributed by atoms with Crippen molar-refractivity contribution in [2.24, 2.45) is 0 Å². The molecule has 142 valence electrons. The number of ether oxygens (including phenoxy) is 1. The fourth-order valence-corrected chi connectivity index (χ4v) is 2.89. The number of nitrogens with zero attached hydrogens (tertiary/aromatic N) is 2. The van der Waals surface area contributed by atoms with Crippen LogP contribution >= 0.6 is 11.3 Å². The lowest BCUT2D eigenvalue weighted by atomic mass is 10.1. The Hall–Kier alpha value is -3.34. The predicted molar refractivity (Wildman–Crippen MR) is 95.0 cm³/mol. The van der Waals surface area contributed by atoms with Crippen molar-refractivity contribution < 1.29 is 24.0 Å². The Morgan fingerprint density at radius 2 is 1.93 bits per heavy atom. The molecule has 0 atom stereocenters. The summed E-state index contributed by atoms with van der Waals surface area (Å²) in [4.78, 5) is 49.9. The molecule has 1 heterocycles. The lowest BCUT2D eigenvalue weighted by molar-refractivity contribution is -0.385. The van der Waals surface area contributed by atoms with Gasteiger partial charge in [0.15, 0.2) is 6.61 Å². The highest BCUT2D eigenvalue weighted by molar-refractivity contribution is 7.09. The van der Waals surface area contributed by atoms with Crippen LogP contribution in [0.25, 0.3) is 0 Å². The van der Waals surface area contributed by atoms with Crippen LogP contribution in [-0.2, 0) is 20.7 Å². The van der Waals surface area contributed by atoms with Crippen molar-refractivity contribution in [2.45, 2.75) is 20.3 Å². The van der Waals surface area contributed by atoms with E-state index in [4.69, 9.17) is 4.74 Å². The number of esters is 1. The maximum absolute atomic E-state index is 12.0. The summed E-state index contributed by atoms with van der Waals surface area (Å²) < 4.78 is 4.77. The summed E-state index contributed by atoms with van der Waals surface area (Å²) in [5.41, 5.74) is 4.72. The van der Waals surface area contributed by atoms with Gasteiger partial charge in [-0.15, -0.1) is 11.3 Å². The number of hydrogen-bond donors (Lipinski definition) is 2. The minimum absolute atomic E-state index is 0.00589. The molecule has 0 unspecified atom stereocenters. The van der Waals surface area contributed by atoms with Gasteiger partial charge in [-0.1, -0.05) is 12.1 Å². The van der Waals surface area contributed by atoms with Gasteiger partial charge in [0.2, 0.25) is 5.91 Å². The second-order valence-electron chi connectivity index (χ2n) is 5.46. The van der Waals surface area contributed by atoms with Crippen molar-refractivity contribution in [3.8, 4) is 0 Å². The third-order valence-electron chi connectivity index (χ3n) is 3.29. The van der Waals surface area contributed by atoms with Gasteiger partial charge in [0, 0.05) is 16.6 Å². The van der Waals surface area contributed by atoms with Gasteiger partial charge in [-0.05, 0) is 19.9 Å². The maximum atomic E-state index is 12.0. The van der Waals surface area contributed by atoms with Crippen molar-refractivity contribution in [1.29, 1.82) is 0 Å². The molecule has 2 rings (SSSR count). The monoisotopic (exact) mass is 392 g/mol. The first-order valence-electron chi connectivity index (χ1n) is 7.67. The number of nitrogens with one attached hydrogen (secondary N) is 2. The molecule has 0 aliphatic rings. The van der Waals surface area contributed by atoms with Gasteiger partial charge >= 0.3 is 5.97 Å². The first-order chi connectivity index (χ1) is 12.8. The van der Waals surface area contributed by atoms with Gasteiger partial charge in [0.25, 0.3) is 11.6 Å². The van der Waals surface area contributed by atoms with Crippen molar-refractivity contribution in [1.82, 2.24) is 15.8 Å².